The maximum Gasteiger partial charge on any atom is 0.303 e. The van der Waals surface area contributed by atoms with Gasteiger partial charge in [-0.25, -0.2) is 0 Å². The quantitative estimate of drug-likeness (QED) is 0.700. The van der Waals surface area contributed by atoms with Crippen molar-refractivity contribution in [2.45, 2.75) is 45.1 Å². The van der Waals surface area contributed by atoms with Gasteiger partial charge in [0, 0.05) is 19.0 Å². The molecule has 0 spiro atoms. The fourth-order valence-electron chi connectivity index (χ4n) is 1.50. The molecule has 0 aliphatic heterocycles. The van der Waals surface area contributed by atoms with Gasteiger partial charge in [0.25, 0.3) is 0 Å². The zero-order valence-electron chi connectivity index (χ0n) is 8.53. The van der Waals surface area contributed by atoms with Crippen molar-refractivity contribution in [3.8, 4) is 0 Å². The molecular weight excluding hydrogens is 182 g/mol. The van der Waals surface area contributed by atoms with E-state index in [2.05, 4.69) is 0 Å². The Balaban J connectivity index is 2.34. The predicted octanol–water partition coefficient (Wildman–Crippen LogP) is 1.25. The molecule has 1 aliphatic carbocycles. The first-order valence-electron chi connectivity index (χ1n) is 5.16. The first-order chi connectivity index (χ1) is 6.65. The van der Waals surface area contributed by atoms with Crippen LogP contribution in [0.25, 0.3) is 0 Å². The Bertz CT molecular complexity index is 223. The molecule has 0 aromatic rings. The molecule has 80 valence electrons. The standard InChI is InChI=1S/C10H17NO3/c1-2-7-11(8-3-4-8)9(12)5-6-10(13)14/h8H,2-7H2,1H3,(H,13,14). The van der Waals surface area contributed by atoms with Crippen molar-refractivity contribution in [1.29, 1.82) is 0 Å². The normalized spacial score (nSPS) is 15.2. The largest absolute Gasteiger partial charge is 0.481 e. The van der Waals surface area contributed by atoms with E-state index in [0.29, 0.717) is 6.04 Å². The second-order valence-corrected chi connectivity index (χ2v) is 3.71. The maximum absolute atomic E-state index is 11.6. The van der Waals surface area contributed by atoms with Crippen molar-refractivity contribution in [2.75, 3.05) is 6.54 Å². The summed E-state index contributed by atoms with van der Waals surface area (Å²) in [5.41, 5.74) is 0. The molecule has 1 N–H and O–H groups in total. The maximum atomic E-state index is 11.6. The molecule has 4 heteroatoms. The summed E-state index contributed by atoms with van der Waals surface area (Å²) in [4.78, 5) is 23.7. The van der Waals surface area contributed by atoms with E-state index in [1.807, 2.05) is 11.8 Å². The van der Waals surface area contributed by atoms with E-state index in [-0.39, 0.29) is 18.7 Å². The Kier molecular flexibility index (Phi) is 3.92. The van der Waals surface area contributed by atoms with Crippen LogP contribution in [0.1, 0.15) is 39.0 Å². The summed E-state index contributed by atoms with van der Waals surface area (Å²) in [5, 5.41) is 8.46. The highest BCUT2D eigenvalue weighted by Crippen LogP contribution is 2.27. The van der Waals surface area contributed by atoms with Gasteiger partial charge in [0.05, 0.1) is 6.42 Å². The van der Waals surface area contributed by atoms with Gasteiger partial charge in [0.2, 0.25) is 5.91 Å². The third kappa shape index (κ3) is 3.36. The van der Waals surface area contributed by atoms with Gasteiger partial charge in [-0.05, 0) is 19.3 Å². The number of nitrogens with zero attached hydrogens (tertiary/aromatic N) is 1. The van der Waals surface area contributed by atoms with Gasteiger partial charge in [-0.1, -0.05) is 6.92 Å². The van der Waals surface area contributed by atoms with Crippen LogP contribution >= 0.6 is 0 Å². The van der Waals surface area contributed by atoms with Crippen LogP contribution in [0.4, 0.5) is 0 Å². The number of amides is 1. The van der Waals surface area contributed by atoms with Gasteiger partial charge in [0.15, 0.2) is 0 Å². The number of hydrogen-bond donors (Lipinski definition) is 1. The molecule has 0 aromatic heterocycles. The fraction of sp³-hybridized carbons (Fsp3) is 0.800. The summed E-state index contributed by atoms with van der Waals surface area (Å²) in [6, 6.07) is 0.399. The van der Waals surface area contributed by atoms with Crippen LogP contribution in [-0.2, 0) is 9.59 Å². The molecule has 1 amide bonds. The number of carbonyl (C=O) groups is 2. The molecule has 0 aromatic carbocycles. The Hall–Kier alpha value is -1.06. The lowest BCUT2D eigenvalue weighted by atomic mass is 10.2. The number of rotatable bonds is 6. The van der Waals surface area contributed by atoms with Crippen molar-refractivity contribution < 1.29 is 14.7 Å². The summed E-state index contributed by atoms with van der Waals surface area (Å²) < 4.78 is 0. The second kappa shape index (κ2) is 4.98. The molecule has 14 heavy (non-hydrogen) atoms. The van der Waals surface area contributed by atoms with E-state index in [1.165, 1.54) is 0 Å². The smallest absolute Gasteiger partial charge is 0.303 e. The van der Waals surface area contributed by atoms with Gasteiger partial charge in [-0.15, -0.1) is 0 Å². The lowest BCUT2D eigenvalue weighted by Crippen LogP contribution is -2.33. The van der Waals surface area contributed by atoms with E-state index < -0.39 is 5.97 Å². The highest BCUT2D eigenvalue weighted by atomic mass is 16.4. The molecule has 0 atom stereocenters. The van der Waals surface area contributed by atoms with Gasteiger partial charge in [-0.3, -0.25) is 9.59 Å². The third-order valence-electron chi connectivity index (χ3n) is 2.33. The van der Waals surface area contributed by atoms with E-state index in [0.717, 1.165) is 25.8 Å². The predicted molar refractivity (Wildman–Crippen MR) is 51.9 cm³/mol. The van der Waals surface area contributed by atoms with Gasteiger partial charge in [-0.2, -0.15) is 0 Å². The Labute approximate surface area is 83.9 Å². The van der Waals surface area contributed by atoms with Crippen molar-refractivity contribution in [1.82, 2.24) is 4.90 Å². The fourth-order valence-corrected chi connectivity index (χ4v) is 1.50. The molecule has 0 saturated heterocycles. The lowest BCUT2D eigenvalue weighted by molar-refractivity contribution is -0.141. The SMILES string of the molecule is CCCN(C(=O)CCC(=O)O)C1CC1. The van der Waals surface area contributed by atoms with E-state index in [1.54, 1.807) is 0 Å². The summed E-state index contributed by atoms with van der Waals surface area (Å²) in [6.07, 6.45) is 3.20. The average Bonchev–Trinajstić information content (AvgIpc) is 2.93. The Morgan fingerprint density at radius 1 is 1.36 bits per heavy atom. The van der Waals surface area contributed by atoms with Crippen LogP contribution in [0.3, 0.4) is 0 Å². The highest BCUT2D eigenvalue weighted by Gasteiger charge is 2.31. The first kappa shape index (κ1) is 11.0. The van der Waals surface area contributed by atoms with Crippen LogP contribution in [0.5, 0.6) is 0 Å². The monoisotopic (exact) mass is 199 g/mol. The molecule has 0 unspecified atom stereocenters. The summed E-state index contributed by atoms with van der Waals surface area (Å²) >= 11 is 0. The van der Waals surface area contributed by atoms with Crippen LogP contribution in [0.15, 0.2) is 0 Å². The number of carbonyl (C=O) groups excluding carboxylic acids is 1. The van der Waals surface area contributed by atoms with Crippen LogP contribution in [0.2, 0.25) is 0 Å². The third-order valence-corrected chi connectivity index (χ3v) is 2.33. The van der Waals surface area contributed by atoms with E-state index in [9.17, 15) is 9.59 Å². The lowest BCUT2D eigenvalue weighted by Gasteiger charge is -2.21. The van der Waals surface area contributed by atoms with Crippen molar-refractivity contribution >= 4 is 11.9 Å². The number of carboxylic acid groups (broad SMARTS) is 1. The van der Waals surface area contributed by atoms with Gasteiger partial charge >= 0.3 is 5.97 Å². The van der Waals surface area contributed by atoms with Crippen LogP contribution in [-0.4, -0.2) is 34.5 Å². The van der Waals surface area contributed by atoms with Gasteiger partial charge in [0.1, 0.15) is 0 Å². The molecular formula is C10H17NO3. The molecule has 0 radical (unpaired) electrons. The van der Waals surface area contributed by atoms with Crippen molar-refractivity contribution in [3.63, 3.8) is 0 Å². The van der Waals surface area contributed by atoms with Crippen LogP contribution < -0.4 is 0 Å². The number of carboxylic acids is 1. The number of hydrogen-bond acceptors (Lipinski definition) is 2. The number of aliphatic carboxylic acids is 1. The summed E-state index contributed by atoms with van der Waals surface area (Å²) in [7, 11) is 0. The molecule has 1 saturated carbocycles. The summed E-state index contributed by atoms with van der Waals surface area (Å²) in [6.45, 7) is 2.79. The topological polar surface area (TPSA) is 57.6 Å². The molecule has 1 rings (SSSR count). The molecule has 0 bridgehead atoms. The average molecular weight is 199 g/mol. The molecule has 1 aliphatic rings. The van der Waals surface area contributed by atoms with Crippen molar-refractivity contribution in [2.24, 2.45) is 0 Å². The van der Waals surface area contributed by atoms with Gasteiger partial charge < -0.3 is 10.0 Å². The Morgan fingerprint density at radius 3 is 2.43 bits per heavy atom. The zero-order chi connectivity index (χ0) is 10.6. The second-order valence-electron chi connectivity index (χ2n) is 3.71. The Morgan fingerprint density at radius 2 is 2.00 bits per heavy atom. The minimum Gasteiger partial charge on any atom is -0.481 e. The summed E-state index contributed by atoms with van der Waals surface area (Å²) in [5.74, 6) is -0.901. The molecule has 0 heterocycles. The molecule has 1 fully saturated rings. The minimum absolute atomic E-state index is 0.00301. The van der Waals surface area contributed by atoms with E-state index >= 15 is 0 Å². The first-order valence-corrected chi connectivity index (χ1v) is 5.16. The van der Waals surface area contributed by atoms with Crippen molar-refractivity contribution in [3.05, 3.63) is 0 Å². The minimum atomic E-state index is -0.898. The van der Waals surface area contributed by atoms with E-state index in [4.69, 9.17) is 5.11 Å². The molecule has 4 nitrogen and oxygen atoms in total. The zero-order valence-corrected chi connectivity index (χ0v) is 8.53. The van der Waals surface area contributed by atoms with Crippen LogP contribution in [0, 0.1) is 0 Å². The highest BCUT2D eigenvalue weighted by molar-refractivity contribution is 5.81.